The van der Waals surface area contributed by atoms with Gasteiger partial charge in [0, 0.05) is 30.8 Å². The summed E-state index contributed by atoms with van der Waals surface area (Å²) in [6.45, 7) is 0. The zero-order valence-electron chi connectivity index (χ0n) is 9.30. The number of hydrogen-bond acceptors (Lipinski definition) is 3. The Morgan fingerprint density at radius 1 is 1.00 bits per heavy atom. The van der Waals surface area contributed by atoms with Gasteiger partial charge in [-0.2, -0.15) is 0 Å². The summed E-state index contributed by atoms with van der Waals surface area (Å²) in [4.78, 5) is 8.05. The molecule has 82 valence electrons. The van der Waals surface area contributed by atoms with Gasteiger partial charge in [-0.15, -0.1) is 0 Å². The van der Waals surface area contributed by atoms with Crippen molar-refractivity contribution < 1.29 is 0 Å². The van der Waals surface area contributed by atoms with Gasteiger partial charge in [-0.1, -0.05) is 0 Å². The molecular weight excluding hydrogens is 198 g/mol. The van der Waals surface area contributed by atoms with Crippen molar-refractivity contribution in [2.24, 2.45) is 0 Å². The molecule has 0 aromatic carbocycles. The normalized spacial score (nSPS) is 12.3. The Bertz CT molecular complexity index is 414. The van der Waals surface area contributed by atoms with Crippen molar-refractivity contribution in [2.75, 3.05) is 7.05 Å². The molecule has 2 rings (SSSR count). The van der Waals surface area contributed by atoms with Crippen LogP contribution in [0.25, 0.3) is 0 Å². The van der Waals surface area contributed by atoms with Gasteiger partial charge in [-0.3, -0.25) is 9.97 Å². The van der Waals surface area contributed by atoms with E-state index in [0.717, 1.165) is 6.42 Å². The SMILES string of the molecule is CNC(Cc1ccncc1)c1ccncc1. The standard InChI is InChI=1S/C13H15N3/c1-14-13(12-4-8-16-9-5-12)10-11-2-6-15-7-3-11/h2-9,13-14H,10H2,1H3. The van der Waals surface area contributed by atoms with E-state index in [1.807, 2.05) is 56.1 Å². The zero-order chi connectivity index (χ0) is 11.2. The van der Waals surface area contributed by atoms with Crippen LogP contribution < -0.4 is 5.32 Å². The van der Waals surface area contributed by atoms with Crippen LogP contribution in [0.4, 0.5) is 0 Å². The van der Waals surface area contributed by atoms with Gasteiger partial charge in [0.15, 0.2) is 0 Å². The van der Waals surface area contributed by atoms with Gasteiger partial charge in [0.1, 0.15) is 0 Å². The lowest BCUT2D eigenvalue weighted by Crippen LogP contribution is -2.18. The maximum atomic E-state index is 4.03. The number of nitrogens with zero attached hydrogens (tertiary/aromatic N) is 2. The van der Waals surface area contributed by atoms with E-state index in [1.165, 1.54) is 11.1 Å². The summed E-state index contributed by atoms with van der Waals surface area (Å²) in [5.41, 5.74) is 2.54. The first kappa shape index (κ1) is 10.8. The minimum Gasteiger partial charge on any atom is -0.313 e. The van der Waals surface area contributed by atoms with Crippen LogP contribution in [0.15, 0.2) is 49.1 Å². The van der Waals surface area contributed by atoms with E-state index in [-0.39, 0.29) is 0 Å². The predicted molar refractivity (Wildman–Crippen MR) is 64.0 cm³/mol. The molecule has 2 heterocycles. The first-order chi connectivity index (χ1) is 7.90. The Morgan fingerprint density at radius 2 is 1.56 bits per heavy atom. The number of hydrogen-bond donors (Lipinski definition) is 1. The monoisotopic (exact) mass is 213 g/mol. The molecule has 3 heteroatoms. The maximum Gasteiger partial charge on any atom is 0.0359 e. The Balaban J connectivity index is 2.13. The third-order valence-corrected chi connectivity index (χ3v) is 2.65. The van der Waals surface area contributed by atoms with Gasteiger partial charge < -0.3 is 5.32 Å². The van der Waals surface area contributed by atoms with Crippen molar-refractivity contribution in [3.63, 3.8) is 0 Å². The molecule has 1 atom stereocenters. The Kier molecular flexibility index (Phi) is 3.62. The lowest BCUT2D eigenvalue weighted by molar-refractivity contribution is 0.591. The van der Waals surface area contributed by atoms with E-state index in [2.05, 4.69) is 15.3 Å². The van der Waals surface area contributed by atoms with E-state index in [1.54, 1.807) is 0 Å². The van der Waals surface area contributed by atoms with Crippen LogP contribution in [0, 0.1) is 0 Å². The fourth-order valence-electron chi connectivity index (χ4n) is 1.74. The Labute approximate surface area is 95.6 Å². The Hall–Kier alpha value is -1.74. The molecule has 0 aliphatic rings. The molecule has 0 aliphatic heterocycles. The molecule has 2 aromatic rings. The minimum absolute atomic E-state index is 0.324. The number of pyridine rings is 2. The van der Waals surface area contributed by atoms with Crippen molar-refractivity contribution in [1.82, 2.24) is 15.3 Å². The molecule has 16 heavy (non-hydrogen) atoms. The van der Waals surface area contributed by atoms with Gasteiger partial charge in [-0.25, -0.2) is 0 Å². The number of likely N-dealkylation sites (N-methyl/N-ethyl adjacent to an activating group) is 1. The van der Waals surface area contributed by atoms with Crippen LogP contribution in [-0.2, 0) is 6.42 Å². The lowest BCUT2D eigenvalue weighted by atomic mass is 10.0. The summed E-state index contributed by atoms with van der Waals surface area (Å²) in [6.07, 6.45) is 8.27. The van der Waals surface area contributed by atoms with Crippen molar-refractivity contribution in [3.8, 4) is 0 Å². The highest BCUT2D eigenvalue weighted by molar-refractivity contribution is 5.20. The summed E-state index contributed by atoms with van der Waals surface area (Å²) in [7, 11) is 1.98. The highest BCUT2D eigenvalue weighted by Gasteiger charge is 2.09. The van der Waals surface area contributed by atoms with E-state index in [0.29, 0.717) is 6.04 Å². The third kappa shape index (κ3) is 2.64. The summed E-state index contributed by atoms with van der Waals surface area (Å²) in [5, 5.41) is 3.32. The van der Waals surface area contributed by atoms with Crippen molar-refractivity contribution in [3.05, 3.63) is 60.2 Å². The first-order valence-corrected chi connectivity index (χ1v) is 5.36. The molecule has 0 radical (unpaired) electrons. The minimum atomic E-state index is 0.324. The van der Waals surface area contributed by atoms with Gasteiger partial charge in [-0.05, 0) is 48.9 Å². The number of rotatable bonds is 4. The largest absolute Gasteiger partial charge is 0.313 e. The third-order valence-electron chi connectivity index (χ3n) is 2.65. The average Bonchev–Trinajstić information content (AvgIpc) is 2.38. The molecule has 3 nitrogen and oxygen atoms in total. The molecule has 0 saturated heterocycles. The maximum absolute atomic E-state index is 4.03. The van der Waals surface area contributed by atoms with Crippen LogP contribution in [0.5, 0.6) is 0 Å². The van der Waals surface area contributed by atoms with Gasteiger partial charge in [0.2, 0.25) is 0 Å². The van der Waals surface area contributed by atoms with E-state index < -0.39 is 0 Å². The molecular formula is C13H15N3. The smallest absolute Gasteiger partial charge is 0.0359 e. The molecule has 0 saturated carbocycles. The second-order valence-corrected chi connectivity index (χ2v) is 3.68. The van der Waals surface area contributed by atoms with Crippen molar-refractivity contribution >= 4 is 0 Å². The second kappa shape index (κ2) is 5.37. The fourth-order valence-corrected chi connectivity index (χ4v) is 1.74. The number of nitrogens with one attached hydrogen (secondary N) is 1. The topological polar surface area (TPSA) is 37.8 Å². The van der Waals surface area contributed by atoms with E-state index in [9.17, 15) is 0 Å². The molecule has 0 amide bonds. The summed E-state index contributed by atoms with van der Waals surface area (Å²) < 4.78 is 0. The molecule has 1 N–H and O–H groups in total. The van der Waals surface area contributed by atoms with Crippen LogP contribution >= 0.6 is 0 Å². The van der Waals surface area contributed by atoms with Crippen LogP contribution in [0.3, 0.4) is 0 Å². The van der Waals surface area contributed by atoms with Crippen LogP contribution in [0.1, 0.15) is 17.2 Å². The van der Waals surface area contributed by atoms with Crippen molar-refractivity contribution in [1.29, 1.82) is 0 Å². The van der Waals surface area contributed by atoms with Crippen molar-refractivity contribution in [2.45, 2.75) is 12.5 Å². The summed E-state index contributed by atoms with van der Waals surface area (Å²) >= 11 is 0. The van der Waals surface area contributed by atoms with Gasteiger partial charge in [0.05, 0.1) is 0 Å². The average molecular weight is 213 g/mol. The molecule has 1 unspecified atom stereocenters. The van der Waals surface area contributed by atoms with E-state index >= 15 is 0 Å². The predicted octanol–water partition coefficient (Wildman–Crippen LogP) is 1.98. The quantitative estimate of drug-likeness (QED) is 0.844. The second-order valence-electron chi connectivity index (χ2n) is 3.68. The van der Waals surface area contributed by atoms with Crippen LogP contribution in [0.2, 0.25) is 0 Å². The van der Waals surface area contributed by atoms with Gasteiger partial charge in [0.25, 0.3) is 0 Å². The lowest BCUT2D eigenvalue weighted by Gasteiger charge is -2.16. The first-order valence-electron chi connectivity index (χ1n) is 5.36. The number of aromatic nitrogens is 2. The molecule has 0 fully saturated rings. The fraction of sp³-hybridized carbons (Fsp3) is 0.231. The molecule has 0 spiro atoms. The zero-order valence-corrected chi connectivity index (χ0v) is 9.30. The van der Waals surface area contributed by atoms with Crippen LogP contribution in [-0.4, -0.2) is 17.0 Å². The summed E-state index contributed by atoms with van der Waals surface area (Å²) in [6, 6.07) is 8.51. The molecule has 2 aromatic heterocycles. The summed E-state index contributed by atoms with van der Waals surface area (Å²) in [5.74, 6) is 0. The van der Waals surface area contributed by atoms with E-state index in [4.69, 9.17) is 0 Å². The highest BCUT2D eigenvalue weighted by Crippen LogP contribution is 2.16. The highest BCUT2D eigenvalue weighted by atomic mass is 14.9. The molecule has 0 bridgehead atoms. The van der Waals surface area contributed by atoms with Gasteiger partial charge >= 0.3 is 0 Å². The molecule has 0 aliphatic carbocycles. The Morgan fingerprint density at radius 3 is 2.12 bits per heavy atom.